The molecule has 1 heterocycles. The molecule has 0 atom stereocenters. The second-order valence-corrected chi connectivity index (χ2v) is 7.31. The number of hydrogen-bond donors (Lipinski definition) is 1. The van der Waals surface area contributed by atoms with Gasteiger partial charge in [-0.25, -0.2) is 9.18 Å². The van der Waals surface area contributed by atoms with Gasteiger partial charge in [-0.2, -0.15) is 0 Å². The van der Waals surface area contributed by atoms with Crippen LogP contribution in [0.5, 0.6) is 5.75 Å². The van der Waals surface area contributed by atoms with Crippen molar-refractivity contribution < 1.29 is 34.5 Å². The summed E-state index contributed by atoms with van der Waals surface area (Å²) in [6.07, 6.45) is -1.55. The van der Waals surface area contributed by atoms with E-state index in [9.17, 15) is 9.18 Å². The molecule has 5 nitrogen and oxygen atoms in total. The number of amides is 2. The van der Waals surface area contributed by atoms with Gasteiger partial charge in [-0.1, -0.05) is 38.0 Å². The highest BCUT2D eigenvalue weighted by atomic mass is 19.1. The van der Waals surface area contributed by atoms with Crippen molar-refractivity contribution in [2.75, 3.05) is 26.6 Å². The van der Waals surface area contributed by atoms with E-state index in [2.05, 4.69) is 5.32 Å². The predicted molar refractivity (Wildman–Crippen MR) is 121 cm³/mol. The van der Waals surface area contributed by atoms with Gasteiger partial charge < -0.3 is 19.9 Å². The van der Waals surface area contributed by atoms with Crippen LogP contribution in [0, 0.1) is 11.7 Å². The van der Waals surface area contributed by atoms with Crippen LogP contribution in [-0.4, -0.2) is 48.4 Å². The number of benzene rings is 2. The number of likely N-dealkylation sites (tertiary alicyclic amines) is 1. The third kappa shape index (κ3) is 7.24. The molecule has 2 aromatic carbocycles. The van der Waals surface area contributed by atoms with Gasteiger partial charge in [-0.05, 0) is 74.0 Å². The molecule has 0 saturated carbocycles. The zero-order chi connectivity index (χ0) is 35.3. The Morgan fingerprint density at radius 1 is 1.23 bits per heavy atom. The summed E-state index contributed by atoms with van der Waals surface area (Å²) >= 11 is 0. The molecule has 168 valence electrons. The van der Waals surface area contributed by atoms with Crippen LogP contribution in [0.4, 0.5) is 9.18 Å². The lowest BCUT2D eigenvalue weighted by Gasteiger charge is -2.37. The summed E-state index contributed by atoms with van der Waals surface area (Å²) in [7, 11) is 0. The number of halogens is 1. The molecule has 0 aliphatic carbocycles. The Morgan fingerprint density at radius 2 is 1.87 bits per heavy atom. The van der Waals surface area contributed by atoms with Gasteiger partial charge in [0.05, 0.1) is 17.6 Å². The fourth-order valence-electron chi connectivity index (χ4n) is 2.68. The Balaban J connectivity index is 2.06. The number of nitrogens with zero attached hydrogens (tertiary/aromatic N) is 2. The Labute approximate surface area is 206 Å². The Hall–Kier alpha value is -2.60. The van der Waals surface area contributed by atoms with Crippen LogP contribution in [0.25, 0.3) is 0 Å². The van der Waals surface area contributed by atoms with E-state index in [4.69, 9.17) is 25.3 Å². The molecule has 31 heavy (non-hydrogen) atoms. The van der Waals surface area contributed by atoms with Crippen LogP contribution >= 0.6 is 0 Å². The van der Waals surface area contributed by atoms with Gasteiger partial charge in [0.1, 0.15) is 11.6 Å². The first kappa shape index (κ1) is 10.3. The lowest BCUT2D eigenvalue weighted by molar-refractivity contribution is 0.127. The summed E-state index contributed by atoms with van der Waals surface area (Å²) in [4.78, 5) is 14.6. The number of carbonyl (C=O) groups excluding carboxylic acids is 1. The van der Waals surface area contributed by atoms with Crippen LogP contribution in [0.2, 0.25) is 0 Å². The van der Waals surface area contributed by atoms with Crippen molar-refractivity contribution in [2.45, 2.75) is 45.8 Å². The standard InChI is InChI=1S/C25H34FN3O2/c1-19(2)18-31-24-10-6-20(7-11-24)16-27-25(30)29(23-12-14-28(3)15-13-23)17-21-4-8-22(26)9-5-21/h4-11,19,23H,12-18H2,1-3H3,(H,27,30)/i3D3,4D,5D,6D,7D,8D,9D,10D,11D,14D2,15D2. The molecule has 1 fully saturated rings. The maximum atomic E-state index is 14.3. The first-order valence-electron chi connectivity index (χ1n) is 17.3. The summed E-state index contributed by atoms with van der Waals surface area (Å²) < 4.78 is 142. The number of hydrogen-bond acceptors (Lipinski definition) is 3. The molecule has 2 aromatic rings. The normalized spacial score (nSPS) is 25.7. The van der Waals surface area contributed by atoms with E-state index in [1.54, 1.807) is 0 Å². The minimum Gasteiger partial charge on any atom is -0.493 e. The molecule has 6 heteroatoms. The van der Waals surface area contributed by atoms with Crippen molar-refractivity contribution in [3.05, 3.63) is 65.3 Å². The average molecular weight is 443 g/mol. The number of ether oxygens (including phenoxy) is 1. The third-order valence-electron chi connectivity index (χ3n) is 4.28. The van der Waals surface area contributed by atoms with Crippen LogP contribution in [0.3, 0.4) is 0 Å². The lowest BCUT2D eigenvalue weighted by Crippen LogP contribution is -2.49. The second-order valence-electron chi connectivity index (χ2n) is 7.31. The molecular weight excluding hydrogens is 393 g/mol. The van der Waals surface area contributed by atoms with Crippen LogP contribution in [-0.2, 0) is 13.1 Å². The number of rotatable bonds is 8. The minimum atomic E-state index is -3.22. The largest absolute Gasteiger partial charge is 0.493 e. The van der Waals surface area contributed by atoms with E-state index in [0.717, 1.165) is 4.90 Å². The molecule has 3 rings (SSSR count). The van der Waals surface area contributed by atoms with Crippen molar-refractivity contribution in [3.8, 4) is 5.75 Å². The summed E-state index contributed by atoms with van der Waals surface area (Å²) in [6.45, 7) is -6.61. The van der Waals surface area contributed by atoms with Crippen molar-refractivity contribution >= 4 is 6.03 Å². The van der Waals surface area contributed by atoms with E-state index in [-0.39, 0.29) is 28.7 Å². The maximum Gasteiger partial charge on any atom is 0.318 e. The molecule has 1 aliphatic rings. The number of urea groups is 1. The van der Waals surface area contributed by atoms with Crippen LogP contribution in [0.15, 0.2) is 48.3 Å². The van der Waals surface area contributed by atoms with Crippen molar-refractivity contribution in [3.63, 3.8) is 0 Å². The molecule has 1 saturated heterocycles. The molecule has 0 unspecified atom stereocenters. The third-order valence-corrected chi connectivity index (χ3v) is 4.28. The molecule has 0 radical (unpaired) electrons. The zero-order valence-electron chi connectivity index (χ0n) is 32.3. The monoisotopic (exact) mass is 442 g/mol. The van der Waals surface area contributed by atoms with Crippen molar-refractivity contribution in [1.29, 1.82) is 0 Å². The van der Waals surface area contributed by atoms with Crippen molar-refractivity contribution in [2.24, 2.45) is 5.92 Å². The maximum absolute atomic E-state index is 14.3. The summed E-state index contributed by atoms with van der Waals surface area (Å²) in [5, 5.41) is 2.38. The van der Waals surface area contributed by atoms with E-state index in [0.29, 0.717) is 0 Å². The smallest absolute Gasteiger partial charge is 0.318 e. The SMILES string of the molecule is [2H]c1c([2H])c(CN(C(=O)NCc2c([2H])c([2H])c(OCC(C)C)c([2H])c2[2H])C2CC([2H])([2H])N(C([2H])([2H])[2H])C([2H])([2H])C2)c([2H])c([2H])c1F. The predicted octanol–water partition coefficient (Wildman–Crippen LogP) is 4.67. The quantitative estimate of drug-likeness (QED) is 0.646. The Morgan fingerprint density at radius 3 is 2.48 bits per heavy atom. The van der Waals surface area contributed by atoms with E-state index in [1.165, 1.54) is 0 Å². The van der Waals surface area contributed by atoms with E-state index >= 15 is 0 Å². The second kappa shape index (κ2) is 11.1. The average Bonchev–Trinajstić information content (AvgIpc) is 2.91. The first-order chi connectivity index (χ1) is 20.9. The van der Waals surface area contributed by atoms with E-state index in [1.807, 2.05) is 13.8 Å². The molecule has 1 N–H and O–H groups in total. The summed E-state index contributed by atoms with van der Waals surface area (Å²) in [5.74, 6) is -1.72. The fraction of sp³-hybridized carbons (Fsp3) is 0.480. The van der Waals surface area contributed by atoms with Gasteiger partial charge in [0.25, 0.3) is 0 Å². The Kier molecular flexibility index (Phi) is 3.72. The van der Waals surface area contributed by atoms with Gasteiger partial charge >= 0.3 is 6.03 Å². The first-order valence-corrected chi connectivity index (χ1v) is 9.75. The number of piperidine rings is 1. The zero-order valence-corrected chi connectivity index (χ0v) is 17.3. The van der Waals surface area contributed by atoms with Gasteiger partial charge in [0.2, 0.25) is 0 Å². The van der Waals surface area contributed by atoms with Gasteiger partial charge in [0, 0.05) is 28.7 Å². The molecule has 0 bridgehead atoms. The fourth-order valence-corrected chi connectivity index (χ4v) is 2.68. The highest BCUT2D eigenvalue weighted by molar-refractivity contribution is 5.74. The topological polar surface area (TPSA) is 44.8 Å². The van der Waals surface area contributed by atoms with Crippen LogP contribution < -0.4 is 10.1 Å². The van der Waals surface area contributed by atoms with Crippen molar-refractivity contribution in [1.82, 2.24) is 15.1 Å². The van der Waals surface area contributed by atoms with Gasteiger partial charge in [-0.15, -0.1) is 0 Å². The summed E-state index contributed by atoms with van der Waals surface area (Å²) in [5.41, 5.74) is -0.740. The highest BCUT2D eigenvalue weighted by Crippen LogP contribution is 2.19. The highest BCUT2D eigenvalue weighted by Gasteiger charge is 2.27. The number of nitrogens with one attached hydrogen (secondary N) is 1. The molecule has 0 aromatic heterocycles. The van der Waals surface area contributed by atoms with E-state index < -0.39 is 118 Å². The Bertz CT molecular complexity index is 1430. The molecule has 0 spiro atoms. The summed E-state index contributed by atoms with van der Waals surface area (Å²) in [6, 6.07) is -8.41. The molecular formula is C25H34FN3O2. The molecule has 2 amide bonds. The minimum absolute atomic E-state index is 0.0166. The van der Waals surface area contributed by atoms with Crippen LogP contribution in [0.1, 0.15) is 58.4 Å². The van der Waals surface area contributed by atoms with Gasteiger partial charge in [-0.3, -0.25) is 0 Å². The van der Waals surface area contributed by atoms with Gasteiger partial charge in [0.15, 0.2) is 0 Å². The lowest BCUT2D eigenvalue weighted by atomic mass is 10.0. The molecule has 1 aliphatic heterocycles. The number of carbonyl (C=O) groups is 1.